The zero-order valence-corrected chi connectivity index (χ0v) is 11.1. The van der Waals surface area contributed by atoms with Crippen LogP contribution in [0.5, 0.6) is 0 Å². The number of carbonyl (C=O) groups is 1. The SMILES string of the molecule is NCC(Cc1ccc(-c2ccccc2[N+](=O)[O-])o1)C(=O)O. The Balaban J connectivity index is 2.28. The summed E-state index contributed by atoms with van der Waals surface area (Å²) in [5.41, 5.74) is 5.68. The zero-order valence-electron chi connectivity index (χ0n) is 11.1. The Labute approximate surface area is 120 Å². The smallest absolute Gasteiger partial charge is 0.308 e. The monoisotopic (exact) mass is 290 g/mol. The highest BCUT2D eigenvalue weighted by Crippen LogP contribution is 2.31. The van der Waals surface area contributed by atoms with Crippen molar-refractivity contribution in [3.05, 3.63) is 52.3 Å². The molecule has 0 bridgehead atoms. The van der Waals surface area contributed by atoms with Crippen LogP contribution in [0.3, 0.4) is 0 Å². The average Bonchev–Trinajstić information content (AvgIpc) is 2.92. The van der Waals surface area contributed by atoms with E-state index >= 15 is 0 Å². The van der Waals surface area contributed by atoms with Crippen LogP contribution in [0.1, 0.15) is 5.76 Å². The molecule has 0 amide bonds. The average molecular weight is 290 g/mol. The molecule has 7 heteroatoms. The second-order valence-electron chi connectivity index (χ2n) is 4.52. The van der Waals surface area contributed by atoms with Crippen LogP contribution in [0.4, 0.5) is 5.69 Å². The molecule has 1 heterocycles. The van der Waals surface area contributed by atoms with Crippen molar-refractivity contribution in [1.82, 2.24) is 0 Å². The first-order valence-electron chi connectivity index (χ1n) is 6.28. The van der Waals surface area contributed by atoms with Crippen molar-refractivity contribution >= 4 is 11.7 Å². The predicted octanol–water partition coefficient (Wildman–Crippen LogP) is 2.06. The summed E-state index contributed by atoms with van der Waals surface area (Å²) in [4.78, 5) is 21.4. The van der Waals surface area contributed by atoms with E-state index in [1.54, 1.807) is 30.3 Å². The number of hydrogen-bond acceptors (Lipinski definition) is 5. The van der Waals surface area contributed by atoms with Gasteiger partial charge in [-0.3, -0.25) is 14.9 Å². The molecule has 1 atom stereocenters. The number of hydrogen-bond donors (Lipinski definition) is 2. The van der Waals surface area contributed by atoms with Crippen LogP contribution in [0.2, 0.25) is 0 Å². The maximum Gasteiger partial charge on any atom is 0.308 e. The summed E-state index contributed by atoms with van der Waals surface area (Å²) >= 11 is 0. The fourth-order valence-electron chi connectivity index (χ4n) is 1.99. The number of aliphatic carboxylic acids is 1. The van der Waals surface area contributed by atoms with Gasteiger partial charge in [-0.1, -0.05) is 12.1 Å². The first-order valence-corrected chi connectivity index (χ1v) is 6.28. The van der Waals surface area contributed by atoms with Crippen LogP contribution in [0.25, 0.3) is 11.3 Å². The van der Waals surface area contributed by atoms with Crippen molar-refractivity contribution < 1.29 is 19.2 Å². The first-order chi connectivity index (χ1) is 10.0. The van der Waals surface area contributed by atoms with Crippen LogP contribution < -0.4 is 5.73 Å². The number of nitro benzene ring substituents is 1. The molecule has 0 saturated heterocycles. The standard InChI is InChI=1S/C14H14N2O5/c15-8-9(14(17)18)7-10-5-6-13(21-10)11-3-1-2-4-12(11)16(19)20/h1-6,9H,7-8,15H2,(H,17,18). The zero-order chi connectivity index (χ0) is 15.4. The lowest BCUT2D eigenvalue weighted by Crippen LogP contribution is -2.25. The fourth-order valence-corrected chi connectivity index (χ4v) is 1.99. The van der Waals surface area contributed by atoms with Gasteiger partial charge < -0.3 is 15.3 Å². The van der Waals surface area contributed by atoms with Gasteiger partial charge in [0.1, 0.15) is 11.5 Å². The molecule has 3 N–H and O–H groups in total. The van der Waals surface area contributed by atoms with E-state index < -0.39 is 16.8 Å². The highest BCUT2D eigenvalue weighted by atomic mass is 16.6. The highest BCUT2D eigenvalue weighted by molar-refractivity contribution is 5.71. The molecule has 2 aromatic rings. The third-order valence-corrected chi connectivity index (χ3v) is 3.11. The summed E-state index contributed by atoms with van der Waals surface area (Å²) in [5.74, 6) is -0.977. The minimum atomic E-state index is -0.999. The molecule has 0 saturated carbocycles. The normalized spacial score (nSPS) is 12.0. The maximum atomic E-state index is 11.0. The molecule has 0 aliphatic rings. The molecule has 0 aliphatic heterocycles. The van der Waals surface area contributed by atoms with Crippen LogP contribution in [-0.4, -0.2) is 22.5 Å². The van der Waals surface area contributed by atoms with Gasteiger partial charge in [-0.25, -0.2) is 0 Å². The second-order valence-corrected chi connectivity index (χ2v) is 4.52. The molecule has 0 spiro atoms. The molecule has 1 aromatic heterocycles. The van der Waals surface area contributed by atoms with Crippen LogP contribution in [0, 0.1) is 16.0 Å². The first kappa shape index (κ1) is 14.7. The molecule has 0 radical (unpaired) electrons. The lowest BCUT2D eigenvalue weighted by molar-refractivity contribution is -0.384. The third kappa shape index (κ3) is 3.26. The van der Waals surface area contributed by atoms with Crippen LogP contribution in [-0.2, 0) is 11.2 Å². The third-order valence-electron chi connectivity index (χ3n) is 3.11. The lowest BCUT2D eigenvalue weighted by Gasteiger charge is -2.06. The number of rotatable bonds is 6. The molecule has 0 aliphatic carbocycles. The summed E-state index contributed by atoms with van der Waals surface area (Å²) in [6.45, 7) is -0.00312. The second kappa shape index (κ2) is 6.19. The van der Waals surface area contributed by atoms with E-state index in [-0.39, 0.29) is 18.7 Å². The Morgan fingerprint density at radius 3 is 2.67 bits per heavy atom. The number of nitrogens with two attached hydrogens (primary N) is 1. The molecule has 1 aromatic carbocycles. The highest BCUT2D eigenvalue weighted by Gasteiger charge is 2.20. The van der Waals surface area contributed by atoms with Gasteiger partial charge in [-0.2, -0.15) is 0 Å². The van der Waals surface area contributed by atoms with Gasteiger partial charge in [0.2, 0.25) is 0 Å². The number of nitrogens with zero attached hydrogens (tertiary/aromatic N) is 1. The van der Waals surface area contributed by atoms with Gasteiger partial charge in [0.15, 0.2) is 0 Å². The van der Waals surface area contributed by atoms with Crippen molar-refractivity contribution in [3.63, 3.8) is 0 Å². The lowest BCUT2D eigenvalue weighted by atomic mass is 10.1. The topological polar surface area (TPSA) is 120 Å². The van der Waals surface area contributed by atoms with E-state index in [4.69, 9.17) is 15.3 Å². The van der Waals surface area contributed by atoms with Crippen LogP contribution >= 0.6 is 0 Å². The van der Waals surface area contributed by atoms with Gasteiger partial charge >= 0.3 is 5.97 Å². The largest absolute Gasteiger partial charge is 0.481 e. The Bertz CT molecular complexity index is 665. The van der Waals surface area contributed by atoms with Gasteiger partial charge in [-0.15, -0.1) is 0 Å². The Morgan fingerprint density at radius 1 is 1.33 bits per heavy atom. The van der Waals surface area contributed by atoms with Crippen molar-refractivity contribution in [2.24, 2.45) is 11.7 Å². The minimum Gasteiger partial charge on any atom is -0.481 e. The van der Waals surface area contributed by atoms with E-state index in [0.717, 1.165) is 0 Å². The van der Waals surface area contributed by atoms with E-state index in [2.05, 4.69) is 0 Å². The minimum absolute atomic E-state index is 0.00312. The molecular weight excluding hydrogens is 276 g/mol. The van der Waals surface area contributed by atoms with Crippen molar-refractivity contribution in [2.45, 2.75) is 6.42 Å². The van der Waals surface area contributed by atoms with Gasteiger partial charge in [0.25, 0.3) is 5.69 Å². The summed E-state index contributed by atoms with van der Waals surface area (Å²) < 4.78 is 5.52. The molecule has 7 nitrogen and oxygen atoms in total. The maximum absolute atomic E-state index is 11.0. The number of carboxylic acid groups (broad SMARTS) is 1. The van der Waals surface area contributed by atoms with Gasteiger partial charge in [0, 0.05) is 19.0 Å². The summed E-state index contributed by atoms with van der Waals surface area (Å²) in [6.07, 6.45) is 0.145. The van der Waals surface area contributed by atoms with Gasteiger partial charge in [0.05, 0.1) is 16.4 Å². The van der Waals surface area contributed by atoms with Crippen molar-refractivity contribution in [2.75, 3.05) is 6.54 Å². The van der Waals surface area contributed by atoms with E-state index in [1.807, 2.05) is 0 Å². The molecule has 110 valence electrons. The Morgan fingerprint density at radius 2 is 2.05 bits per heavy atom. The number of para-hydroxylation sites is 1. The number of carboxylic acids is 1. The summed E-state index contributed by atoms with van der Waals surface area (Å²) in [6, 6.07) is 9.41. The summed E-state index contributed by atoms with van der Waals surface area (Å²) in [5, 5.41) is 19.9. The van der Waals surface area contributed by atoms with E-state index in [9.17, 15) is 14.9 Å². The summed E-state index contributed by atoms with van der Waals surface area (Å²) in [7, 11) is 0. The molecule has 2 rings (SSSR count). The van der Waals surface area contributed by atoms with E-state index in [0.29, 0.717) is 17.1 Å². The number of benzene rings is 1. The van der Waals surface area contributed by atoms with Gasteiger partial charge in [-0.05, 0) is 18.2 Å². The predicted molar refractivity (Wildman–Crippen MR) is 74.7 cm³/mol. The quantitative estimate of drug-likeness (QED) is 0.620. The molecule has 21 heavy (non-hydrogen) atoms. The fraction of sp³-hybridized carbons (Fsp3) is 0.214. The van der Waals surface area contributed by atoms with Crippen LogP contribution in [0.15, 0.2) is 40.8 Å². The Kier molecular flexibility index (Phi) is 4.34. The number of furan rings is 1. The molecular formula is C14H14N2O5. The van der Waals surface area contributed by atoms with Crippen molar-refractivity contribution in [3.8, 4) is 11.3 Å². The van der Waals surface area contributed by atoms with Crippen molar-refractivity contribution in [1.29, 1.82) is 0 Å². The number of nitro groups is 1. The Hall–Kier alpha value is -2.67. The molecule has 0 fully saturated rings. The van der Waals surface area contributed by atoms with E-state index in [1.165, 1.54) is 6.07 Å². The molecule has 1 unspecified atom stereocenters.